The van der Waals surface area contributed by atoms with E-state index in [2.05, 4.69) is 21.6 Å². The van der Waals surface area contributed by atoms with E-state index in [1.807, 2.05) is 56.5 Å². The van der Waals surface area contributed by atoms with Crippen LogP contribution < -0.4 is 10.1 Å². The molecule has 0 saturated carbocycles. The third-order valence-electron chi connectivity index (χ3n) is 4.58. The number of anilines is 1. The highest BCUT2D eigenvalue weighted by molar-refractivity contribution is 7.99. The van der Waals surface area contributed by atoms with Crippen molar-refractivity contribution in [1.82, 2.24) is 14.8 Å². The number of amides is 1. The number of aryl methyl sites for hydroxylation is 2. The van der Waals surface area contributed by atoms with E-state index in [4.69, 9.17) is 4.74 Å². The average Bonchev–Trinajstić information content (AvgIpc) is 3.25. The maximum atomic E-state index is 12.4. The number of nitriles is 1. The molecule has 1 N–H and O–H groups in total. The molecule has 0 bridgehead atoms. The Hall–Kier alpha value is -2.83. The van der Waals surface area contributed by atoms with Crippen LogP contribution in [0.3, 0.4) is 0 Å². The lowest BCUT2D eigenvalue weighted by Gasteiger charge is -2.09. The van der Waals surface area contributed by atoms with Crippen molar-refractivity contribution in [2.24, 2.45) is 0 Å². The van der Waals surface area contributed by atoms with Crippen LogP contribution in [0, 0.1) is 32.1 Å². The minimum absolute atomic E-state index is 0.178. The first-order valence-corrected chi connectivity index (χ1v) is 11.3. The Kier molecular flexibility index (Phi) is 7.13. The van der Waals surface area contributed by atoms with E-state index in [0.29, 0.717) is 34.7 Å². The van der Waals surface area contributed by atoms with Crippen LogP contribution in [-0.2, 0) is 17.9 Å². The maximum Gasteiger partial charge on any atom is 0.235 e. The van der Waals surface area contributed by atoms with E-state index in [0.717, 1.165) is 16.2 Å². The summed E-state index contributed by atoms with van der Waals surface area (Å²) in [5.41, 5.74) is 2.61. The van der Waals surface area contributed by atoms with Crippen molar-refractivity contribution in [3.63, 3.8) is 0 Å². The summed E-state index contributed by atoms with van der Waals surface area (Å²) in [5, 5.41) is 21.8. The SMILES string of the molecule is CCn1c(COc2ccc(C)cc2)nnc1SCC(=O)Nc1sc(C)c(C)c1C#N. The van der Waals surface area contributed by atoms with Crippen LogP contribution in [0.2, 0.25) is 0 Å². The van der Waals surface area contributed by atoms with Gasteiger partial charge in [0.05, 0.1) is 11.3 Å². The third kappa shape index (κ3) is 5.01. The number of nitrogens with zero attached hydrogens (tertiary/aromatic N) is 4. The zero-order chi connectivity index (χ0) is 21.7. The molecule has 1 aromatic carbocycles. The van der Waals surface area contributed by atoms with Gasteiger partial charge in [0, 0.05) is 11.4 Å². The molecule has 0 unspecified atom stereocenters. The zero-order valence-electron chi connectivity index (χ0n) is 17.4. The Labute approximate surface area is 184 Å². The summed E-state index contributed by atoms with van der Waals surface area (Å²) in [7, 11) is 0. The van der Waals surface area contributed by atoms with Gasteiger partial charge in [-0.3, -0.25) is 4.79 Å². The fraction of sp³-hybridized carbons (Fsp3) is 0.333. The molecule has 9 heteroatoms. The molecule has 0 aliphatic rings. The summed E-state index contributed by atoms with van der Waals surface area (Å²) < 4.78 is 7.74. The molecule has 2 aromatic heterocycles. The van der Waals surface area contributed by atoms with Gasteiger partial charge in [-0.25, -0.2) is 0 Å². The summed E-state index contributed by atoms with van der Waals surface area (Å²) in [6, 6.07) is 10.00. The second-order valence-corrected chi connectivity index (χ2v) is 8.85. The smallest absolute Gasteiger partial charge is 0.235 e. The zero-order valence-corrected chi connectivity index (χ0v) is 19.0. The van der Waals surface area contributed by atoms with Crippen LogP contribution in [0.4, 0.5) is 5.00 Å². The van der Waals surface area contributed by atoms with Gasteiger partial charge >= 0.3 is 0 Å². The molecule has 0 fully saturated rings. The predicted octanol–water partition coefficient (Wildman–Crippen LogP) is 4.47. The van der Waals surface area contributed by atoms with E-state index in [1.165, 1.54) is 28.7 Å². The van der Waals surface area contributed by atoms with Crippen molar-refractivity contribution in [3.8, 4) is 11.8 Å². The molecule has 30 heavy (non-hydrogen) atoms. The van der Waals surface area contributed by atoms with Crippen molar-refractivity contribution in [2.45, 2.75) is 46.0 Å². The van der Waals surface area contributed by atoms with Crippen molar-refractivity contribution in [2.75, 3.05) is 11.1 Å². The van der Waals surface area contributed by atoms with Gasteiger partial charge in [-0.2, -0.15) is 5.26 Å². The van der Waals surface area contributed by atoms with Gasteiger partial charge in [0.2, 0.25) is 5.91 Å². The Balaban J connectivity index is 1.60. The number of carbonyl (C=O) groups is 1. The molecule has 3 rings (SSSR count). The number of ether oxygens (including phenoxy) is 1. The first kappa shape index (κ1) is 21.9. The minimum atomic E-state index is -0.180. The van der Waals surface area contributed by atoms with Crippen molar-refractivity contribution < 1.29 is 9.53 Å². The summed E-state index contributed by atoms with van der Waals surface area (Å²) >= 11 is 2.73. The van der Waals surface area contributed by atoms with Gasteiger partial charge in [0.1, 0.15) is 23.4 Å². The summed E-state index contributed by atoms with van der Waals surface area (Å²) in [6.45, 7) is 8.83. The Morgan fingerprint density at radius 3 is 2.67 bits per heavy atom. The standard InChI is InChI=1S/C21H23N5O2S2/c1-5-26-18(11-28-16-8-6-13(2)7-9-16)24-25-21(26)29-12-19(27)23-20-17(10-22)14(3)15(4)30-20/h6-9H,5,11-12H2,1-4H3,(H,23,27). The van der Waals surface area contributed by atoms with Gasteiger partial charge in [-0.05, 0) is 45.4 Å². The predicted molar refractivity (Wildman–Crippen MR) is 119 cm³/mol. The van der Waals surface area contributed by atoms with Crippen LogP contribution >= 0.6 is 23.1 Å². The molecule has 2 heterocycles. The lowest BCUT2D eigenvalue weighted by molar-refractivity contribution is -0.113. The first-order chi connectivity index (χ1) is 14.4. The number of nitrogens with one attached hydrogen (secondary N) is 1. The molecular weight excluding hydrogens is 418 g/mol. The second kappa shape index (κ2) is 9.78. The van der Waals surface area contributed by atoms with Gasteiger partial charge in [-0.1, -0.05) is 29.5 Å². The third-order valence-corrected chi connectivity index (χ3v) is 6.67. The van der Waals surface area contributed by atoms with Crippen LogP contribution in [0.5, 0.6) is 5.75 Å². The van der Waals surface area contributed by atoms with Crippen LogP contribution in [0.25, 0.3) is 0 Å². The van der Waals surface area contributed by atoms with Gasteiger partial charge in [0.25, 0.3) is 0 Å². The van der Waals surface area contributed by atoms with E-state index in [9.17, 15) is 10.1 Å². The Bertz CT molecular complexity index is 1080. The number of benzene rings is 1. The van der Waals surface area contributed by atoms with E-state index < -0.39 is 0 Å². The lowest BCUT2D eigenvalue weighted by Crippen LogP contribution is -2.15. The lowest BCUT2D eigenvalue weighted by atomic mass is 10.2. The molecule has 0 saturated heterocycles. The van der Waals surface area contributed by atoms with Crippen molar-refractivity contribution >= 4 is 34.0 Å². The molecule has 0 spiro atoms. The average molecular weight is 442 g/mol. The van der Waals surface area contributed by atoms with Gasteiger partial charge < -0.3 is 14.6 Å². The molecular formula is C21H23N5O2S2. The van der Waals surface area contributed by atoms with E-state index in [1.54, 1.807) is 0 Å². The van der Waals surface area contributed by atoms with E-state index >= 15 is 0 Å². The molecule has 3 aromatic rings. The molecule has 156 valence electrons. The van der Waals surface area contributed by atoms with Gasteiger partial charge in [0.15, 0.2) is 11.0 Å². The largest absolute Gasteiger partial charge is 0.486 e. The highest BCUT2D eigenvalue weighted by Gasteiger charge is 2.17. The number of thiophene rings is 1. The highest BCUT2D eigenvalue weighted by atomic mass is 32.2. The number of aromatic nitrogens is 3. The first-order valence-electron chi connectivity index (χ1n) is 9.47. The number of hydrogen-bond acceptors (Lipinski definition) is 7. The molecule has 0 aliphatic heterocycles. The van der Waals surface area contributed by atoms with E-state index in [-0.39, 0.29) is 11.7 Å². The topological polar surface area (TPSA) is 92.8 Å². The number of thioether (sulfide) groups is 1. The molecule has 7 nitrogen and oxygen atoms in total. The van der Waals surface area contributed by atoms with Gasteiger partial charge in [-0.15, -0.1) is 21.5 Å². The van der Waals surface area contributed by atoms with Crippen LogP contribution in [0.15, 0.2) is 29.4 Å². The second-order valence-electron chi connectivity index (χ2n) is 6.68. The molecule has 0 aliphatic carbocycles. The maximum absolute atomic E-state index is 12.4. The number of carbonyl (C=O) groups excluding carboxylic acids is 1. The molecule has 0 radical (unpaired) electrons. The number of rotatable bonds is 8. The minimum Gasteiger partial charge on any atom is -0.486 e. The highest BCUT2D eigenvalue weighted by Crippen LogP contribution is 2.32. The fourth-order valence-electron chi connectivity index (χ4n) is 2.78. The molecule has 0 atom stereocenters. The molecule has 1 amide bonds. The normalized spacial score (nSPS) is 10.6. The van der Waals surface area contributed by atoms with Crippen LogP contribution in [0.1, 0.15) is 34.3 Å². The summed E-state index contributed by atoms with van der Waals surface area (Å²) in [4.78, 5) is 13.4. The fourth-order valence-corrected chi connectivity index (χ4v) is 4.62. The quantitative estimate of drug-likeness (QED) is 0.519. The summed E-state index contributed by atoms with van der Waals surface area (Å²) in [6.07, 6.45) is 0. The number of hydrogen-bond donors (Lipinski definition) is 1. The van der Waals surface area contributed by atoms with Crippen molar-refractivity contribution in [1.29, 1.82) is 5.26 Å². The van der Waals surface area contributed by atoms with Crippen molar-refractivity contribution in [3.05, 3.63) is 51.7 Å². The summed E-state index contributed by atoms with van der Waals surface area (Å²) in [5.74, 6) is 1.48. The Morgan fingerprint density at radius 1 is 1.27 bits per heavy atom. The van der Waals surface area contributed by atoms with Crippen LogP contribution in [-0.4, -0.2) is 26.4 Å². The Morgan fingerprint density at radius 2 is 2.00 bits per heavy atom. The monoisotopic (exact) mass is 441 g/mol.